The molecular formula is C14H17ClN4O. The van der Waals surface area contributed by atoms with Gasteiger partial charge >= 0.3 is 0 Å². The molecule has 6 heteroatoms. The van der Waals surface area contributed by atoms with E-state index in [0.29, 0.717) is 5.02 Å². The Labute approximate surface area is 123 Å². The molecule has 2 rings (SSSR count). The average Bonchev–Trinajstić information content (AvgIpc) is 2.67. The first kappa shape index (κ1) is 14.5. The second kappa shape index (κ2) is 5.63. The quantitative estimate of drug-likeness (QED) is 0.946. The fourth-order valence-corrected chi connectivity index (χ4v) is 2.06. The maximum absolute atomic E-state index is 12.2. The number of carbonyl (C=O) groups is 1. The van der Waals surface area contributed by atoms with Gasteiger partial charge in [-0.2, -0.15) is 5.10 Å². The lowest BCUT2D eigenvalue weighted by Gasteiger charge is -2.13. The molecule has 2 aromatic rings. The molecule has 1 N–H and O–H groups in total. The predicted molar refractivity (Wildman–Crippen MR) is 77.8 cm³/mol. The summed E-state index contributed by atoms with van der Waals surface area (Å²) in [5, 5.41) is 7.39. The van der Waals surface area contributed by atoms with E-state index in [9.17, 15) is 4.79 Å². The normalized spacial score (nSPS) is 12.2. The molecule has 2 aromatic heterocycles. The largest absolute Gasteiger partial charge is 0.344 e. The molecule has 5 nitrogen and oxygen atoms in total. The minimum absolute atomic E-state index is 0.158. The minimum atomic E-state index is -0.285. The number of hydrogen-bond donors (Lipinski definition) is 1. The fraction of sp³-hybridized carbons (Fsp3) is 0.357. The summed E-state index contributed by atoms with van der Waals surface area (Å²) in [6, 6.07) is 3.70. The zero-order chi connectivity index (χ0) is 14.9. The third kappa shape index (κ3) is 2.82. The van der Waals surface area contributed by atoms with Gasteiger partial charge in [0.1, 0.15) is 0 Å². The molecule has 0 fully saturated rings. The highest BCUT2D eigenvalue weighted by Crippen LogP contribution is 2.20. The summed E-state index contributed by atoms with van der Waals surface area (Å²) in [6.45, 7) is 5.64. The predicted octanol–water partition coefficient (Wildman–Crippen LogP) is 2.58. The van der Waals surface area contributed by atoms with E-state index in [1.165, 1.54) is 0 Å². The van der Waals surface area contributed by atoms with Crippen LogP contribution in [0.25, 0.3) is 0 Å². The van der Waals surface area contributed by atoms with Crippen LogP contribution < -0.4 is 5.32 Å². The van der Waals surface area contributed by atoms with Crippen molar-refractivity contribution in [3.63, 3.8) is 0 Å². The van der Waals surface area contributed by atoms with Crippen molar-refractivity contribution in [3.05, 3.63) is 46.0 Å². The highest BCUT2D eigenvalue weighted by molar-refractivity contribution is 6.34. The van der Waals surface area contributed by atoms with E-state index in [-0.39, 0.29) is 17.6 Å². The van der Waals surface area contributed by atoms with Crippen molar-refractivity contribution in [2.45, 2.75) is 26.8 Å². The third-order valence-corrected chi connectivity index (χ3v) is 3.71. The molecule has 0 radical (unpaired) electrons. The standard InChI is InChI=1S/C14H17ClN4O/c1-8-5-6-11(7-16-8)9(2)17-14(20)13-12(15)10(3)19(4)18-13/h5-7,9H,1-4H3,(H,17,20)/t9-/m1/s1. The molecule has 0 aliphatic rings. The van der Waals surface area contributed by atoms with E-state index < -0.39 is 0 Å². The molecular weight excluding hydrogens is 276 g/mol. The molecule has 0 aromatic carbocycles. The minimum Gasteiger partial charge on any atom is -0.344 e. The molecule has 0 aliphatic heterocycles. The number of carbonyl (C=O) groups excluding carboxylic acids is 1. The maximum Gasteiger partial charge on any atom is 0.273 e. The van der Waals surface area contributed by atoms with Gasteiger partial charge in [-0.25, -0.2) is 0 Å². The van der Waals surface area contributed by atoms with Crippen LogP contribution >= 0.6 is 11.6 Å². The fourth-order valence-electron chi connectivity index (χ4n) is 1.81. The summed E-state index contributed by atoms with van der Waals surface area (Å²) < 4.78 is 1.59. The number of amides is 1. The van der Waals surface area contributed by atoms with Gasteiger partial charge in [-0.1, -0.05) is 17.7 Å². The number of pyridine rings is 1. The Morgan fingerprint density at radius 1 is 1.40 bits per heavy atom. The molecule has 2 heterocycles. The van der Waals surface area contributed by atoms with E-state index in [2.05, 4.69) is 15.4 Å². The molecule has 0 aliphatic carbocycles. The van der Waals surface area contributed by atoms with Crippen molar-refractivity contribution in [1.29, 1.82) is 0 Å². The van der Waals surface area contributed by atoms with Gasteiger partial charge in [0.25, 0.3) is 5.91 Å². The van der Waals surface area contributed by atoms with Gasteiger partial charge in [-0.15, -0.1) is 0 Å². The summed E-state index contributed by atoms with van der Waals surface area (Å²) in [4.78, 5) is 16.4. The van der Waals surface area contributed by atoms with Crippen molar-refractivity contribution < 1.29 is 4.79 Å². The maximum atomic E-state index is 12.2. The molecule has 0 saturated carbocycles. The van der Waals surface area contributed by atoms with Crippen molar-refractivity contribution >= 4 is 17.5 Å². The SMILES string of the molecule is Cc1ccc([C@@H](C)NC(=O)c2nn(C)c(C)c2Cl)cn1. The van der Waals surface area contributed by atoms with Crippen LogP contribution in [0.5, 0.6) is 0 Å². The smallest absolute Gasteiger partial charge is 0.273 e. The van der Waals surface area contributed by atoms with E-state index >= 15 is 0 Å². The summed E-state index contributed by atoms with van der Waals surface area (Å²) in [5.41, 5.74) is 2.89. The van der Waals surface area contributed by atoms with Gasteiger partial charge in [-0.05, 0) is 32.4 Å². The second-order valence-electron chi connectivity index (χ2n) is 4.80. The Kier molecular flexibility index (Phi) is 4.09. The number of nitrogens with zero attached hydrogens (tertiary/aromatic N) is 3. The molecule has 0 bridgehead atoms. The number of halogens is 1. The Morgan fingerprint density at radius 3 is 2.60 bits per heavy atom. The molecule has 106 valence electrons. The van der Waals surface area contributed by atoms with Gasteiger partial charge in [0, 0.05) is 18.9 Å². The van der Waals surface area contributed by atoms with Crippen LogP contribution in [0.2, 0.25) is 5.02 Å². The Balaban J connectivity index is 2.15. The van der Waals surface area contributed by atoms with Crippen molar-refractivity contribution in [1.82, 2.24) is 20.1 Å². The van der Waals surface area contributed by atoms with Crippen LogP contribution in [-0.2, 0) is 7.05 Å². The Hall–Kier alpha value is -1.88. The summed E-state index contributed by atoms with van der Waals surface area (Å²) in [6.07, 6.45) is 1.76. The lowest BCUT2D eigenvalue weighted by atomic mass is 10.1. The first-order valence-electron chi connectivity index (χ1n) is 6.32. The lowest BCUT2D eigenvalue weighted by Crippen LogP contribution is -2.27. The van der Waals surface area contributed by atoms with Gasteiger partial charge < -0.3 is 5.32 Å². The van der Waals surface area contributed by atoms with Crippen LogP contribution in [0.3, 0.4) is 0 Å². The van der Waals surface area contributed by atoms with Crippen LogP contribution in [0, 0.1) is 13.8 Å². The summed E-state index contributed by atoms with van der Waals surface area (Å²) >= 11 is 6.10. The van der Waals surface area contributed by atoms with Crippen molar-refractivity contribution in [3.8, 4) is 0 Å². The van der Waals surface area contributed by atoms with Crippen LogP contribution in [0.4, 0.5) is 0 Å². The molecule has 1 amide bonds. The van der Waals surface area contributed by atoms with Crippen LogP contribution in [-0.4, -0.2) is 20.7 Å². The average molecular weight is 293 g/mol. The molecule has 0 spiro atoms. The van der Waals surface area contributed by atoms with Gasteiger partial charge in [-0.3, -0.25) is 14.5 Å². The third-order valence-electron chi connectivity index (χ3n) is 3.26. The van der Waals surface area contributed by atoms with E-state index in [0.717, 1.165) is 17.0 Å². The number of hydrogen-bond acceptors (Lipinski definition) is 3. The van der Waals surface area contributed by atoms with Crippen LogP contribution in [0.15, 0.2) is 18.3 Å². The van der Waals surface area contributed by atoms with Gasteiger partial charge in [0.2, 0.25) is 0 Å². The number of aromatic nitrogens is 3. The summed E-state index contributed by atoms with van der Waals surface area (Å²) in [7, 11) is 1.76. The molecule has 0 saturated heterocycles. The first-order valence-corrected chi connectivity index (χ1v) is 6.70. The highest BCUT2D eigenvalue weighted by atomic mass is 35.5. The molecule has 1 atom stereocenters. The summed E-state index contributed by atoms with van der Waals surface area (Å²) in [5.74, 6) is -0.285. The second-order valence-corrected chi connectivity index (χ2v) is 5.18. The molecule has 0 unspecified atom stereocenters. The monoisotopic (exact) mass is 292 g/mol. The lowest BCUT2D eigenvalue weighted by molar-refractivity contribution is 0.0934. The van der Waals surface area contributed by atoms with Crippen molar-refractivity contribution in [2.75, 3.05) is 0 Å². The molecule has 20 heavy (non-hydrogen) atoms. The Morgan fingerprint density at radius 2 is 2.10 bits per heavy atom. The first-order chi connectivity index (χ1) is 9.40. The zero-order valence-corrected chi connectivity index (χ0v) is 12.7. The van der Waals surface area contributed by atoms with Gasteiger partial charge in [0.15, 0.2) is 5.69 Å². The topological polar surface area (TPSA) is 59.8 Å². The van der Waals surface area contributed by atoms with E-state index in [1.54, 1.807) is 17.9 Å². The Bertz CT molecular complexity index is 633. The van der Waals surface area contributed by atoms with E-state index in [4.69, 9.17) is 11.6 Å². The van der Waals surface area contributed by atoms with Crippen molar-refractivity contribution in [2.24, 2.45) is 7.05 Å². The zero-order valence-electron chi connectivity index (χ0n) is 11.9. The highest BCUT2D eigenvalue weighted by Gasteiger charge is 2.20. The van der Waals surface area contributed by atoms with Crippen LogP contribution in [0.1, 0.15) is 40.4 Å². The number of aryl methyl sites for hydroxylation is 2. The number of nitrogens with one attached hydrogen (secondary N) is 1. The van der Waals surface area contributed by atoms with E-state index in [1.807, 2.05) is 32.9 Å². The number of rotatable bonds is 3. The van der Waals surface area contributed by atoms with Gasteiger partial charge in [0.05, 0.1) is 16.8 Å².